The number of hydrogen-bond donors (Lipinski definition) is 1. The lowest BCUT2D eigenvalue weighted by Crippen LogP contribution is -2.46. The number of carbonyl (C=O) groups is 2. The number of esters is 1. The van der Waals surface area contributed by atoms with Crippen molar-refractivity contribution >= 4 is 12.1 Å². The van der Waals surface area contributed by atoms with Crippen LogP contribution in [-0.2, 0) is 14.3 Å². The molecule has 0 spiro atoms. The van der Waals surface area contributed by atoms with Gasteiger partial charge in [-0.15, -0.1) is 0 Å². The van der Waals surface area contributed by atoms with Gasteiger partial charge in [-0.05, 0) is 17.8 Å². The van der Waals surface area contributed by atoms with E-state index >= 15 is 0 Å². The topological polar surface area (TPSA) is 64.6 Å². The van der Waals surface area contributed by atoms with Crippen LogP contribution >= 0.6 is 0 Å². The summed E-state index contributed by atoms with van der Waals surface area (Å²) < 4.78 is 10.5. The molecule has 0 bridgehead atoms. The molecule has 1 atom stereocenters. The summed E-state index contributed by atoms with van der Waals surface area (Å²) >= 11 is 0. The lowest BCUT2D eigenvalue weighted by atomic mass is 9.99. The quantitative estimate of drug-likeness (QED) is 0.391. The number of carbonyl (C=O) groups excluding carboxylic acids is 2. The van der Waals surface area contributed by atoms with Crippen molar-refractivity contribution in [2.45, 2.75) is 92.5 Å². The molecule has 25 heavy (non-hydrogen) atoms. The Hall–Kier alpha value is -1.26. The average Bonchev–Trinajstić information content (AvgIpc) is 2.52. The summed E-state index contributed by atoms with van der Waals surface area (Å²) in [7, 11) is 0. The number of rotatable bonds is 12. The molecular formula is C20H39NO4. The zero-order valence-electron chi connectivity index (χ0n) is 17.2. The van der Waals surface area contributed by atoms with E-state index in [-0.39, 0.29) is 17.3 Å². The second-order valence-corrected chi connectivity index (χ2v) is 8.29. The number of amides is 1. The van der Waals surface area contributed by atoms with Gasteiger partial charge in [-0.25, -0.2) is 9.59 Å². The minimum atomic E-state index is -0.669. The van der Waals surface area contributed by atoms with E-state index in [2.05, 4.69) is 12.2 Å². The molecule has 5 nitrogen and oxygen atoms in total. The van der Waals surface area contributed by atoms with Gasteiger partial charge in [0.15, 0.2) is 0 Å². The third-order valence-corrected chi connectivity index (χ3v) is 3.82. The van der Waals surface area contributed by atoms with E-state index in [0.717, 1.165) is 12.8 Å². The van der Waals surface area contributed by atoms with E-state index < -0.39 is 12.1 Å². The molecule has 5 heteroatoms. The van der Waals surface area contributed by atoms with Crippen LogP contribution in [0.25, 0.3) is 0 Å². The van der Waals surface area contributed by atoms with Gasteiger partial charge in [0, 0.05) is 0 Å². The molecule has 0 aliphatic carbocycles. The van der Waals surface area contributed by atoms with Crippen molar-refractivity contribution in [3.8, 4) is 0 Å². The third-order valence-electron chi connectivity index (χ3n) is 3.82. The van der Waals surface area contributed by atoms with Crippen molar-refractivity contribution in [2.24, 2.45) is 11.3 Å². The summed E-state index contributed by atoms with van der Waals surface area (Å²) in [5, 5.41) is 2.63. The predicted octanol–water partition coefficient (Wildman–Crippen LogP) is 5.08. The van der Waals surface area contributed by atoms with Gasteiger partial charge in [-0.3, -0.25) is 0 Å². The van der Waals surface area contributed by atoms with Crippen LogP contribution in [0.4, 0.5) is 4.79 Å². The fraction of sp³-hybridized carbons (Fsp3) is 0.900. The maximum Gasteiger partial charge on any atom is 0.407 e. The van der Waals surface area contributed by atoms with Crippen LogP contribution in [0.3, 0.4) is 0 Å². The first-order chi connectivity index (χ1) is 11.7. The average molecular weight is 358 g/mol. The van der Waals surface area contributed by atoms with Gasteiger partial charge in [0.05, 0.1) is 13.2 Å². The van der Waals surface area contributed by atoms with Gasteiger partial charge in [-0.2, -0.15) is 0 Å². The Kier molecular flexibility index (Phi) is 12.4. The molecule has 0 rings (SSSR count). The molecule has 0 heterocycles. The van der Waals surface area contributed by atoms with Gasteiger partial charge in [0.1, 0.15) is 6.04 Å². The number of nitrogens with one attached hydrogen (secondary N) is 1. The molecule has 0 saturated carbocycles. The van der Waals surface area contributed by atoms with E-state index in [1.165, 1.54) is 32.1 Å². The van der Waals surface area contributed by atoms with Crippen molar-refractivity contribution < 1.29 is 19.1 Å². The van der Waals surface area contributed by atoms with Gasteiger partial charge in [-0.1, -0.05) is 80.1 Å². The highest BCUT2D eigenvalue weighted by molar-refractivity contribution is 5.81. The molecule has 0 aromatic carbocycles. The molecule has 0 aromatic rings. The minimum absolute atomic E-state index is 0.0521. The normalized spacial score (nSPS) is 12.8. The van der Waals surface area contributed by atoms with Gasteiger partial charge in [0.25, 0.3) is 0 Å². The first-order valence-electron chi connectivity index (χ1n) is 9.77. The fourth-order valence-electron chi connectivity index (χ4n) is 2.27. The van der Waals surface area contributed by atoms with Gasteiger partial charge < -0.3 is 14.8 Å². The molecule has 1 N–H and O–H groups in total. The van der Waals surface area contributed by atoms with Crippen LogP contribution in [0.5, 0.6) is 0 Å². The largest absolute Gasteiger partial charge is 0.464 e. The zero-order valence-corrected chi connectivity index (χ0v) is 17.2. The summed E-state index contributed by atoms with van der Waals surface area (Å²) in [6, 6.07) is -0.669. The van der Waals surface area contributed by atoms with Crippen molar-refractivity contribution in [3.05, 3.63) is 0 Å². The molecule has 148 valence electrons. The molecular weight excluding hydrogens is 318 g/mol. The van der Waals surface area contributed by atoms with E-state index in [0.29, 0.717) is 13.2 Å². The lowest BCUT2D eigenvalue weighted by molar-refractivity contribution is -0.147. The summed E-state index contributed by atoms with van der Waals surface area (Å²) in [5.74, 6) is -0.433. The smallest absolute Gasteiger partial charge is 0.407 e. The standard InChI is InChI=1S/C20H39NO4/c1-7-8-9-10-11-12-13-14-24-18(22)17(16(2)3)21-19(23)25-15-20(4,5)6/h16-17H,7-15H2,1-6H3,(H,21,23). The maximum absolute atomic E-state index is 12.2. The zero-order chi connectivity index (χ0) is 19.3. The summed E-state index contributed by atoms with van der Waals surface area (Å²) in [6.07, 6.45) is 7.64. The number of hydrogen-bond acceptors (Lipinski definition) is 4. The first kappa shape index (κ1) is 23.7. The number of unbranched alkanes of at least 4 members (excludes halogenated alkanes) is 6. The Labute approximate surface area is 154 Å². The highest BCUT2D eigenvalue weighted by Crippen LogP contribution is 2.13. The summed E-state index contributed by atoms with van der Waals surface area (Å²) in [4.78, 5) is 24.1. The van der Waals surface area contributed by atoms with Crippen molar-refractivity contribution in [3.63, 3.8) is 0 Å². The molecule has 0 fully saturated rings. The van der Waals surface area contributed by atoms with Crippen molar-refractivity contribution in [1.82, 2.24) is 5.32 Å². The van der Waals surface area contributed by atoms with E-state index in [1.807, 2.05) is 34.6 Å². The van der Waals surface area contributed by atoms with E-state index in [4.69, 9.17) is 9.47 Å². The first-order valence-corrected chi connectivity index (χ1v) is 9.77. The van der Waals surface area contributed by atoms with Crippen LogP contribution in [-0.4, -0.2) is 31.3 Å². The Morgan fingerprint density at radius 1 is 0.920 bits per heavy atom. The molecule has 0 aromatic heterocycles. The number of ether oxygens (including phenoxy) is 2. The molecule has 0 aliphatic heterocycles. The van der Waals surface area contributed by atoms with E-state index in [1.54, 1.807) is 0 Å². The van der Waals surface area contributed by atoms with Gasteiger partial charge >= 0.3 is 12.1 Å². The molecule has 0 radical (unpaired) electrons. The number of alkyl carbamates (subject to hydrolysis) is 1. The Bertz CT molecular complexity index is 374. The molecule has 1 amide bonds. The van der Waals surface area contributed by atoms with Crippen LogP contribution in [0.1, 0.15) is 86.5 Å². The second-order valence-electron chi connectivity index (χ2n) is 8.29. The lowest BCUT2D eigenvalue weighted by Gasteiger charge is -2.22. The monoisotopic (exact) mass is 357 g/mol. The molecule has 1 unspecified atom stereocenters. The van der Waals surface area contributed by atoms with Crippen LogP contribution < -0.4 is 5.32 Å². The maximum atomic E-state index is 12.2. The van der Waals surface area contributed by atoms with Crippen LogP contribution in [0.2, 0.25) is 0 Å². The second kappa shape index (κ2) is 13.0. The Morgan fingerprint density at radius 3 is 2.00 bits per heavy atom. The van der Waals surface area contributed by atoms with Crippen molar-refractivity contribution in [1.29, 1.82) is 0 Å². The Morgan fingerprint density at radius 2 is 1.48 bits per heavy atom. The van der Waals surface area contributed by atoms with Crippen LogP contribution in [0, 0.1) is 11.3 Å². The SMILES string of the molecule is CCCCCCCCCOC(=O)C(NC(=O)OCC(C)(C)C)C(C)C. The van der Waals surface area contributed by atoms with Crippen LogP contribution in [0.15, 0.2) is 0 Å². The fourth-order valence-corrected chi connectivity index (χ4v) is 2.27. The molecule has 0 aliphatic rings. The van der Waals surface area contributed by atoms with Crippen molar-refractivity contribution in [2.75, 3.05) is 13.2 Å². The predicted molar refractivity (Wildman–Crippen MR) is 102 cm³/mol. The highest BCUT2D eigenvalue weighted by Gasteiger charge is 2.26. The summed E-state index contributed by atoms with van der Waals surface area (Å²) in [6.45, 7) is 12.6. The third kappa shape index (κ3) is 13.7. The minimum Gasteiger partial charge on any atom is -0.464 e. The molecule has 0 saturated heterocycles. The summed E-state index contributed by atoms with van der Waals surface area (Å²) in [5.41, 5.74) is -0.109. The van der Waals surface area contributed by atoms with Gasteiger partial charge in [0.2, 0.25) is 0 Å². The van der Waals surface area contributed by atoms with E-state index in [9.17, 15) is 9.59 Å². The Balaban J connectivity index is 4.06. The highest BCUT2D eigenvalue weighted by atomic mass is 16.6.